The van der Waals surface area contributed by atoms with Crippen molar-refractivity contribution in [2.75, 3.05) is 5.73 Å². The molecule has 1 heterocycles. The van der Waals surface area contributed by atoms with Crippen LogP contribution in [0.2, 0.25) is 0 Å². The van der Waals surface area contributed by atoms with E-state index in [1.165, 1.54) is 0 Å². The zero-order valence-electron chi connectivity index (χ0n) is 9.88. The summed E-state index contributed by atoms with van der Waals surface area (Å²) in [6.45, 7) is 4.25. The fourth-order valence-electron chi connectivity index (χ4n) is 1.31. The van der Waals surface area contributed by atoms with Gasteiger partial charge in [-0.05, 0) is 12.1 Å². The van der Waals surface area contributed by atoms with Crippen molar-refractivity contribution in [3.8, 4) is 5.75 Å². The second-order valence-electron chi connectivity index (χ2n) is 4.05. The highest BCUT2D eigenvalue weighted by Crippen LogP contribution is 2.17. The van der Waals surface area contributed by atoms with Gasteiger partial charge in [0.15, 0.2) is 6.61 Å². The normalized spacial score (nSPS) is 10.8. The number of aromatic nitrogens is 2. The Balaban J connectivity index is 1.97. The van der Waals surface area contributed by atoms with Crippen molar-refractivity contribution in [1.82, 2.24) is 10.2 Å². The fraction of sp³-hybridized carbons (Fsp3) is 0.333. The summed E-state index contributed by atoms with van der Waals surface area (Å²) in [5.74, 6) is 2.00. The highest BCUT2D eigenvalue weighted by atomic mass is 16.5. The molecule has 0 saturated heterocycles. The number of nitrogens with zero attached hydrogens (tertiary/aromatic N) is 2. The van der Waals surface area contributed by atoms with E-state index in [4.69, 9.17) is 14.9 Å². The molecule has 0 aliphatic rings. The maximum atomic E-state index is 5.64. The maximum Gasteiger partial charge on any atom is 0.253 e. The van der Waals surface area contributed by atoms with Gasteiger partial charge in [0.25, 0.3) is 5.89 Å². The maximum absolute atomic E-state index is 5.64. The van der Waals surface area contributed by atoms with Crippen molar-refractivity contribution in [3.05, 3.63) is 36.0 Å². The molecule has 0 bridgehead atoms. The average molecular weight is 233 g/mol. The lowest BCUT2D eigenvalue weighted by Gasteiger charge is -2.03. The topological polar surface area (TPSA) is 74.2 Å². The van der Waals surface area contributed by atoms with Crippen molar-refractivity contribution in [1.29, 1.82) is 0 Å². The molecule has 17 heavy (non-hydrogen) atoms. The molecule has 0 aliphatic heterocycles. The highest BCUT2D eigenvalue weighted by molar-refractivity contribution is 5.43. The van der Waals surface area contributed by atoms with Crippen molar-refractivity contribution in [3.63, 3.8) is 0 Å². The van der Waals surface area contributed by atoms with Gasteiger partial charge in [-0.2, -0.15) is 0 Å². The molecule has 0 saturated carbocycles. The molecule has 0 fully saturated rings. The zero-order valence-corrected chi connectivity index (χ0v) is 9.88. The van der Waals surface area contributed by atoms with E-state index in [9.17, 15) is 0 Å². The minimum atomic E-state index is 0.226. The minimum absolute atomic E-state index is 0.226. The number of nitrogen functional groups attached to an aromatic ring is 1. The lowest BCUT2D eigenvalue weighted by Crippen LogP contribution is -1.96. The molecule has 90 valence electrons. The van der Waals surface area contributed by atoms with Gasteiger partial charge >= 0.3 is 0 Å². The van der Waals surface area contributed by atoms with Crippen molar-refractivity contribution < 1.29 is 9.15 Å². The third kappa shape index (κ3) is 2.96. The predicted octanol–water partition coefficient (Wildman–Crippen LogP) is 2.35. The fourth-order valence-corrected chi connectivity index (χ4v) is 1.31. The molecule has 1 aromatic heterocycles. The number of hydrogen-bond acceptors (Lipinski definition) is 5. The molecular formula is C12H15N3O2. The van der Waals surface area contributed by atoms with E-state index in [1.54, 1.807) is 12.1 Å². The molecule has 2 N–H and O–H groups in total. The van der Waals surface area contributed by atoms with Crippen LogP contribution in [0.15, 0.2) is 28.7 Å². The smallest absolute Gasteiger partial charge is 0.253 e. The van der Waals surface area contributed by atoms with Gasteiger partial charge in [-0.1, -0.05) is 19.9 Å². The van der Waals surface area contributed by atoms with Crippen LogP contribution >= 0.6 is 0 Å². The summed E-state index contributed by atoms with van der Waals surface area (Å²) in [4.78, 5) is 0. The Morgan fingerprint density at radius 1 is 1.35 bits per heavy atom. The van der Waals surface area contributed by atoms with Crippen LogP contribution in [-0.2, 0) is 6.61 Å². The van der Waals surface area contributed by atoms with Crippen molar-refractivity contribution >= 4 is 5.69 Å². The van der Waals surface area contributed by atoms with Gasteiger partial charge in [0.05, 0.1) is 0 Å². The first-order valence-electron chi connectivity index (χ1n) is 5.46. The van der Waals surface area contributed by atoms with Gasteiger partial charge in [0, 0.05) is 17.7 Å². The Bertz CT molecular complexity index is 494. The van der Waals surface area contributed by atoms with Crippen LogP contribution in [-0.4, -0.2) is 10.2 Å². The standard InChI is InChI=1S/C12H15N3O2/c1-8(2)12-15-14-11(17-12)7-16-10-5-3-4-9(13)6-10/h3-6,8H,7,13H2,1-2H3. The Kier molecular flexibility index (Phi) is 3.27. The molecule has 0 aliphatic carbocycles. The summed E-state index contributed by atoms with van der Waals surface area (Å²) in [5, 5.41) is 7.83. The van der Waals surface area contributed by atoms with E-state index in [1.807, 2.05) is 26.0 Å². The summed E-state index contributed by atoms with van der Waals surface area (Å²) in [6.07, 6.45) is 0. The van der Waals surface area contributed by atoms with Gasteiger partial charge in [-0.25, -0.2) is 0 Å². The molecule has 2 aromatic rings. The van der Waals surface area contributed by atoms with E-state index in [0.717, 1.165) is 0 Å². The first-order chi connectivity index (χ1) is 8.15. The molecule has 0 radical (unpaired) electrons. The van der Waals surface area contributed by atoms with Crippen LogP contribution in [0.1, 0.15) is 31.5 Å². The molecule has 0 spiro atoms. The minimum Gasteiger partial charge on any atom is -0.484 e. The summed E-state index contributed by atoms with van der Waals surface area (Å²) in [6, 6.07) is 7.21. The van der Waals surface area contributed by atoms with E-state index in [-0.39, 0.29) is 12.5 Å². The molecule has 0 amide bonds. The predicted molar refractivity (Wildman–Crippen MR) is 63.6 cm³/mol. The van der Waals surface area contributed by atoms with Crippen LogP contribution in [0.4, 0.5) is 5.69 Å². The number of anilines is 1. The number of hydrogen-bond donors (Lipinski definition) is 1. The van der Waals surface area contributed by atoms with Crippen LogP contribution < -0.4 is 10.5 Å². The number of benzene rings is 1. The third-order valence-electron chi connectivity index (χ3n) is 2.20. The summed E-state index contributed by atoms with van der Waals surface area (Å²) in [5.41, 5.74) is 6.30. The molecule has 0 atom stereocenters. The van der Waals surface area contributed by atoms with E-state index >= 15 is 0 Å². The Morgan fingerprint density at radius 2 is 2.18 bits per heavy atom. The van der Waals surface area contributed by atoms with Gasteiger partial charge in [0.1, 0.15) is 5.75 Å². The van der Waals surface area contributed by atoms with Crippen LogP contribution in [0.3, 0.4) is 0 Å². The lowest BCUT2D eigenvalue weighted by molar-refractivity contribution is 0.257. The molecule has 5 nitrogen and oxygen atoms in total. The van der Waals surface area contributed by atoms with E-state index in [2.05, 4.69) is 10.2 Å². The SMILES string of the molecule is CC(C)c1nnc(COc2cccc(N)c2)o1. The second-order valence-corrected chi connectivity index (χ2v) is 4.05. The third-order valence-corrected chi connectivity index (χ3v) is 2.20. The second kappa shape index (κ2) is 4.86. The largest absolute Gasteiger partial charge is 0.484 e. The quantitative estimate of drug-likeness (QED) is 0.820. The van der Waals surface area contributed by atoms with Crippen molar-refractivity contribution in [2.24, 2.45) is 0 Å². The van der Waals surface area contributed by atoms with Gasteiger partial charge in [-0.3, -0.25) is 0 Å². The van der Waals surface area contributed by atoms with Crippen LogP contribution in [0.5, 0.6) is 5.75 Å². The Morgan fingerprint density at radius 3 is 2.82 bits per heavy atom. The lowest BCUT2D eigenvalue weighted by atomic mass is 10.2. The van der Waals surface area contributed by atoms with Gasteiger partial charge < -0.3 is 14.9 Å². The zero-order chi connectivity index (χ0) is 12.3. The average Bonchev–Trinajstić information content (AvgIpc) is 2.75. The summed E-state index contributed by atoms with van der Waals surface area (Å²) < 4.78 is 10.9. The molecule has 1 aromatic carbocycles. The first-order valence-corrected chi connectivity index (χ1v) is 5.46. The Labute approximate surface area is 99.6 Å². The van der Waals surface area contributed by atoms with Crippen LogP contribution in [0, 0.1) is 0 Å². The van der Waals surface area contributed by atoms with Crippen molar-refractivity contribution in [2.45, 2.75) is 26.4 Å². The molecular weight excluding hydrogens is 218 g/mol. The monoisotopic (exact) mass is 233 g/mol. The van der Waals surface area contributed by atoms with Crippen LogP contribution in [0.25, 0.3) is 0 Å². The first kappa shape index (κ1) is 11.4. The van der Waals surface area contributed by atoms with E-state index < -0.39 is 0 Å². The van der Waals surface area contributed by atoms with Gasteiger partial charge in [0.2, 0.25) is 5.89 Å². The summed E-state index contributed by atoms with van der Waals surface area (Å²) >= 11 is 0. The van der Waals surface area contributed by atoms with E-state index in [0.29, 0.717) is 23.2 Å². The Hall–Kier alpha value is -2.04. The molecule has 5 heteroatoms. The number of ether oxygens (including phenoxy) is 1. The highest BCUT2D eigenvalue weighted by Gasteiger charge is 2.09. The number of rotatable bonds is 4. The van der Waals surface area contributed by atoms with Gasteiger partial charge in [-0.15, -0.1) is 10.2 Å². The number of nitrogens with two attached hydrogens (primary N) is 1. The summed E-state index contributed by atoms with van der Waals surface area (Å²) in [7, 11) is 0. The molecule has 0 unspecified atom stereocenters. The molecule has 2 rings (SSSR count).